The topological polar surface area (TPSA) is 91.1 Å². The van der Waals surface area contributed by atoms with Crippen molar-refractivity contribution in [2.45, 2.75) is 58.5 Å². The summed E-state index contributed by atoms with van der Waals surface area (Å²) in [6.07, 6.45) is 2.64. The predicted molar refractivity (Wildman–Crippen MR) is 163 cm³/mol. The van der Waals surface area contributed by atoms with Gasteiger partial charge in [0.05, 0.1) is 16.9 Å². The summed E-state index contributed by atoms with van der Waals surface area (Å²) in [5.41, 5.74) is 2.03. The minimum Gasteiger partial charge on any atom is -0.481 e. The first-order valence-electron chi connectivity index (χ1n) is 13.7. The van der Waals surface area contributed by atoms with Gasteiger partial charge in [0.2, 0.25) is 0 Å². The number of carboxylic acids is 1. The van der Waals surface area contributed by atoms with E-state index in [-0.39, 0.29) is 17.4 Å². The fourth-order valence-electron chi connectivity index (χ4n) is 3.70. The van der Waals surface area contributed by atoms with Crippen molar-refractivity contribution < 1.29 is 27.9 Å². The Labute approximate surface area is 249 Å². The minimum absolute atomic E-state index is 0.0734. The highest BCUT2D eigenvalue weighted by atomic mass is 35.5. The van der Waals surface area contributed by atoms with Gasteiger partial charge in [-0.25, -0.2) is 0 Å². The lowest BCUT2D eigenvalue weighted by Crippen LogP contribution is -2.22. The molecule has 1 amide bonds. The number of aliphatic carboxylic acids is 1. The molecule has 6 nitrogen and oxygen atoms in total. The standard InChI is InChI=1S/C23H23ClF3N3O3.C9H12/c1-2-28-22(33)15-8-10-19(20(12-15)29-11-5-3-4-6-21(31)32)30-14-16-7-9-17(13-18(16)24)23(25,26)27;1-2-6-9-7-4-3-5-8-9/h7-14H,2-6H2,1H3,(H,28,33)(H,31,32);3-5,7-8H,2,6H2,1H3. The van der Waals surface area contributed by atoms with E-state index in [1.165, 1.54) is 30.7 Å². The van der Waals surface area contributed by atoms with Crippen molar-refractivity contribution >= 4 is 47.3 Å². The zero-order valence-electron chi connectivity index (χ0n) is 23.6. The van der Waals surface area contributed by atoms with E-state index in [2.05, 4.69) is 52.6 Å². The molecule has 0 unspecified atom stereocenters. The molecule has 0 aliphatic heterocycles. The smallest absolute Gasteiger partial charge is 0.416 e. The van der Waals surface area contributed by atoms with E-state index in [0.29, 0.717) is 48.3 Å². The number of amides is 1. The number of benzene rings is 3. The van der Waals surface area contributed by atoms with Crippen LogP contribution in [0.1, 0.15) is 73.0 Å². The molecule has 0 atom stereocenters. The summed E-state index contributed by atoms with van der Waals surface area (Å²) in [5.74, 6) is -1.14. The predicted octanol–water partition coefficient (Wildman–Crippen LogP) is 8.85. The van der Waals surface area contributed by atoms with Crippen molar-refractivity contribution in [2.24, 2.45) is 9.98 Å². The third-order valence-electron chi connectivity index (χ3n) is 5.83. The maximum atomic E-state index is 12.8. The van der Waals surface area contributed by atoms with Crippen LogP contribution in [0.3, 0.4) is 0 Å². The fourth-order valence-corrected chi connectivity index (χ4v) is 3.92. The lowest BCUT2D eigenvalue weighted by Gasteiger charge is -2.08. The molecule has 0 spiro atoms. The maximum absolute atomic E-state index is 12.8. The summed E-state index contributed by atoms with van der Waals surface area (Å²) in [4.78, 5) is 31.4. The Morgan fingerprint density at radius 1 is 0.952 bits per heavy atom. The number of carboxylic acid groups (broad SMARTS) is 1. The van der Waals surface area contributed by atoms with E-state index in [1.54, 1.807) is 31.3 Å². The number of carbonyl (C=O) groups is 2. The monoisotopic (exact) mass is 601 g/mol. The van der Waals surface area contributed by atoms with Gasteiger partial charge in [0.1, 0.15) is 0 Å². The average molecular weight is 602 g/mol. The number of aliphatic imine (C=N–C) groups is 2. The lowest BCUT2D eigenvalue weighted by atomic mass is 10.1. The SMILES string of the molecule is CCCc1ccccc1.CCNC(=O)c1ccc(N=Cc2ccc(C(F)(F)F)cc2Cl)c(N=CCCCCC(=O)O)c1. The third kappa shape index (κ3) is 12.3. The van der Waals surface area contributed by atoms with E-state index in [0.717, 1.165) is 12.1 Å². The summed E-state index contributed by atoms with van der Waals surface area (Å²) in [6, 6.07) is 18.2. The van der Waals surface area contributed by atoms with Crippen LogP contribution in [-0.4, -0.2) is 36.0 Å². The summed E-state index contributed by atoms with van der Waals surface area (Å²) in [5, 5.41) is 11.3. The number of hydrogen-bond acceptors (Lipinski definition) is 4. The molecule has 10 heteroatoms. The molecular formula is C32H35ClF3N3O3. The van der Waals surface area contributed by atoms with Gasteiger partial charge in [0.15, 0.2) is 0 Å². The van der Waals surface area contributed by atoms with Crippen LogP contribution in [0.5, 0.6) is 0 Å². The quantitative estimate of drug-likeness (QED) is 0.160. The Morgan fingerprint density at radius 2 is 1.69 bits per heavy atom. The summed E-state index contributed by atoms with van der Waals surface area (Å²) < 4.78 is 38.5. The van der Waals surface area contributed by atoms with Crippen LogP contribution in [0, 0.1) is 0 Å². The number of halogens is 4. The molecule has 0 saturated heterocycles. The largest absolute Gasteiger partial charge is 0.481 e. The molecule has 0 aliphatic rings. The molecule has 3 aromatic carbocycles. The van der Waals surface area contributed by atoms with Crippen molar-refractivity contribution in [3.8, 4) is 0 Å². The summed E-state index contributed by atoms with van der Waals surface area (Å²) >= 11 is 5.98. The zero-order chi connectivity index (χ0) is 31.0. The molecule has 0 bridgehead atoms. The van der Waals surface area contributed by atoms with Crippen molar-refractivity contribution in [1.82, 2.24) is 5.32 Å². The van der Waals surface area contributed by atoms with Crippen LogP contribution in [0.25, 0.3) is 0 Å². The number of carbonyl (C=O) groups excluding carboxylic acids is 1. The highest BCUT2D eigenvalue weighted by Crippen LogP contribution is 2.33. The van der Waals surface area contributed by atoms with E-state index in [1.807, 2.05) is 0 Å². The molecule has 0 heterocycles. The first-order chi connectivity index (χ1) is 20.0. The van der Waals surface area contributed by atoms with Crippen LogP contribution >= 0.6 is 11.6 Å². The Hall–Kier alpha value is -3.98. The molecule has 224 valence electrons. The zero-order valence-corrected chi connectivity index (χ0v) is 24.4. The van der Waals surface area contributed by atoms with Gasteiger partial charge in [0, 0.05) is 41.5 Å². The van der Waals surface area contributed by atoms with Crippen LogP contribution in [-0.2, 0) is 17.4 Å². The third-order valence-corrected chi connectivity index (χ3v) is 6.16. The summed E-state index contributed by atoms with van der Waals surface area (Å²) in [7, 11) is 0. The van der Waals surface area contributed by atoms with E-state index in [4.69, 9.17) is 16.7 Å². The first kappa shape index (κ1) is 34.2. The number of nitrogens with one attached hydrogen (secondary N) is 1. The van der Waals surface area contributed by atoms with Gasteiger partial charge in [-0.3, -0.25) is 19.6 Å². The van der Waals surface area contributed by atoms with Crippen LogP contribution in [0.2, 0.25) is 5.02 Å². The number of alkyl halides is 3. The first-order valence-corrected chi connectivity index (χ1v) is 14.0. The van der Waals surface area contributed by atoms with Gasteiger partial charge in [0.25, 0.3) is 5.91 Å². The van der Waals surface area contributed by atoms with Gasteiger partial charge in [-0.2, -0.15) is 13.2 Å². The van der Waals surface area contributed by atoms with Crippen LogP contribution < -0.4 is 5.32 Å². The molecule has 42 heavy (non-hydrogen) atoms. The average Bonchev–Trinajstić information content (AvgIpc) is 2.95. The second-order valence-corrected chi connectivity index (χ2v) is 9.65. The second kappa shape index (κ2) is 17.7. The Bertz CT molecular complexity index is 1360. The van der Waals surface area contributed by atoms with Crippen molar-refractivity contribution in [3.05, 3.63) is 94.0 Å². The molecule has 3 aromatic rings. The van der Waals surface area contributed by atoms with Crippen molar-refractivity contribution in [2.75, 3.05) is 6.54 Å². The Kier molecular flexibility index (Phi) is 14.5. The Morgan fingerprint density at radius 3 is 2.31 bits per heavy atom. The van der Waals surface area contributed by atoms with E-state index < -0.39 is 17.7 Å². The molecular weight excluding hydrogens is 567 g/mol. The van der Waals surface area contributed by atoms with Gasteiger partial charge in [-0.05, 0) is 68.5 Å². The van der Waals surface area contributed by atoms with Gasteiger partial charge in [-0.1, -0.05) is 61.3 Å². The molecule has 2 N–H and O–H groups in total. The Balaban J connectivity index is 0.000000581. The normalized spacial score (nSPS) is 11.4. The molecule has 0 saturated carbocycles. The lowest BCUT2D eigenvalue weighted by molar-refractivity contribution is -0.138. The molecule has 0 aliphatic carbocycles. The molecule has 0 fully saturated rings. The molecule has 0 aromatic heterocycles. The van der Waals surface area contributed by atoms with Gasteiger partial charge in [-0.15, -0.1) is 0 Å². The number of aryl methyl sites for hydroxylation is 1. The molecule has 0 radical (unpaired) electrons. The van der Waals surface area contributed by atoms with Crippen LogP contribution in [0.4, 0.5) is 24.5 Å². The number of unbranched alkanes of at least 4 members (excludes halogenated alkanes) is 2. The van der Waals surface area contributed by atoms with Crippen molar-refractivity contribution in [1.29, 1.82) is 0 Å². The van der Waals surface area contributed by atoms with Crippen LogP contribution in [0.15, 0.2) is 76.7 Å². The fraction of sp³-hybridized carbons (Fsp3) is 0.312. The maximum Gasteiger partial charge on any atom is 0.416 e. The highest BCUT2D eigenvalue weighted by Gasteiger charge is 2.30. The van der Waals surface area contributed by atoms with Gasteiger partial charge >= 0.3 is 12.1 Å². The van der Waals surface area contributed by atoms with Crippen molar-refractivity contribution in [3.63, 3.8) is 0 Å². The summed E-state index contributed by atoms with van der Waals surface area (Å²) in [6.45, 7) is 4.45. The number of hydrogen-bond donors (Lipinski definition) is 2. The minimum atomic E-state index is -4.50. The highest BCUT2D eigenvalue weighted by molar-refractivity contribution is 6.33. The van der Waals surface area contributed by atoms with E-state index >= 15 is 0 Å². The number of rotatable bonds is 12. The molecule has 3 rings (SSSR count). The van der Waals surface area contributed by atoms with E-state index in [9.17, 15) is 22.8 Å². The number of nitrogens with zero attached hydrogens (tertiary/aromatic N) is 2. The second-order valence-electron chi connectivity index (χ2n) is 9.24. The van der Waals surface area contributed by atoms with Gasteiger partial charge < -0.3 is 10.4 Å².